The molecule has 0 fully saturated rings. The number of hydrazone groups is 1. The van der Waals surface area contributed by atoms with Gasteiger partial charge in [0, 0.05) is 18.0 Å². The summed E-state index contributed by atoms with van der Waals surface area (Å²) in [5.41, 5.74) is 4.72. The van der Waals surface area contributed by atoms with Crippen LogP contribution in [0.3, 0.4) is 0 Å². The Balaban J connectivity index is 1.70. The Morgan fingerprint density at radius 2 is 2.00 bits per heavy atom. The molecule has 6 nitrogen and oxygen atoms in total. The third-order valence-electron chi connectivity index (χ3n) is 2.70. The topological polar surface area (TPSA) is 83.0 Å². The molecule has 2 N–H and O–H groups in total. The van der Waals surface area contributed by atoms with Gasteiger partial charge in [-0.1, -0.05) is 12.1 Å². The first kappa shape index (κ1) is 12.0. The van der Waals surface area contributed by atoms with Crippen molar-refractivity contribution in [3.8, 4) is 0 Å². The average Bonchev–Trinajstić information content (AvgIpc) is 2.90. The van der Waals surface area contributed by atoms with E-state index in [4.69, 9.17) is 0 Å². The van der Waals surface area contributed by atoms with Gasteiger partial charge in [-0.3, -0.25) is 9.78 Å². The summed E-state index contributed by atoms with van der Waals surface area (Å²) < 4.78 is 0. The van der Waals surface area contributed by atoms with E-state index in [1.165, 1.54) is 6.21 Å². The summed E-state index contributed by atoms with van der Waals surface area (Å²) in [6.45, 7) is 0. The van der Waals surface area contributed by atoms with Crippen LogP contribution >= 0.6 is 0 Å². The number of benzene rings is 1. The van der Waals surface area contributed by atoms with Crippen molar-refractivity contribution in [1.82, 2.24) is 20.4 Å². The van der Waals surface area contributed by atoms with Crippen LogP contribution in [0.1, 0.15) is 16.2 Å². The van der Waals surface area contributed by atoms with Crippen LogP contribution < -0.4 is 5.43 Å². The van der Waals surface area contributed by atoms with Gasteiger partial charge in [-0.15, -0.1) is 0 Å². The number of H-pyrrole nitrogens is 1. The van der Waals surface area contributed by atoms with Crippen molar-refractivity contribution in [2.75, 3.05) is 0 Å². The number of hydrogen-bond donors (Lipinski definition) is 2. The number of carbonyl (C=O) groups excluding carboxylic acids is 1. The number of aromatic nitrogens is 3. The predicted octanol–water partition coefficient (Wildman–Crippen LogP) is 1.72. The van der Waals surface area contributed by atoms with E-state index in [1.54, 1.807) is 24.5 Å². The van der Waals surface area contributed by atoms with Crippen LogP contribution in [0, 0.1) is 0 Å². The van der Waals surface area contributed by atoms with E-state index in [9.17, 15) is 4.79 Å². The first-order valence-corrected chi connectivity index (χ1v) is 6.01. The van der Waals surface area contributed by atoms with E-state index in [-0.39, 0.29) is 5.91 Å². The van der Waals surface area contributed by atoms with Crippen LogP contribution in [0.25, 0.3) is 11.0 Å². The fourth-order valence-electron chi connectivity index (χ4n) is 1.75. The molecule has 3 aromatic rings. The van der Waals surface area contributed by atoms with Crippen LogP contribution in [-0.4, -0.2) is 27.1 Å². The lowest BCUT2D eigenvalue weighted by Crippen LogP contribution is -2.17. The number of rotatable bonds is 3. The molecular weight excluding hydrogens is 254 g/mol. The quantitative estimate of drug-likeness (QED) is 0.558. The van der Waals surface area contributed by atoms with Gasteiger partial charge >= 0.3 is 0 Å². The summed E-state index contributed by atoms with van der Waals surface area (Å²) in [5, 5.41) is 3.87. The maximum Gasteiger partial charge on any atom is 0.271 e. The van der Waals surface area contributed by atoms with E-state index in [0.29, 0.717) is 11.4 Å². The molecule has 3 rings (SSSR count). The van der Waals surface area contributed by atoms with Crippen LogP contribution in [-0.2, 0) is 0 Å². The Morgan fingerprint density at radius 1 is 1.20 bits per heavy atom. The van der Waals surface area contributed by atoms with Gasteiger partial charge in [0.15, 0.2) is 5.82 Å². The molecule has 1 aromatic carbocycles. The molecule has 0 bridgehead atoms. The molecule has 0 atom stereocenters. The molecule has 0 aliphatic rings. The number of para-hydroxylation sites is 2. The lowest BCUT2D eigenvalue weighted by Gasteiger charge is -1.97. The molecule has 1 amide bonds. The number of nitrogens with one attached hydrogen (secondary N) is 2. The first-order chi connectivity index (χ1) is 9.83. The summed E-state index contributed by atoms with van der Waals surface area (Å²) in [6.07, 6.45) is 4.58. The van der Waals surface area contributed by atoms with Crippen LogP contribution in [0.4, 0.5) is 0 Å². The highest BCUT2D eigenvalue weighted by molar-refractivity contribution is 5.94. The summed E-state index contributed by atoms with van der Waals surface area (Å²) in [4.78, 5) is 23.0. The molecule has 0 spiro atoms. The zero-order chi connectivity index (χ0) is 13.8. The molecule has 0 unspecified atom stereocenters. The summed E-state index contributed by atoms with van der Waals surface area (Å²) >= 11 is 0. The molecule has 98 valence electrons. The van der Waals surface area contributed by atoms with Crippen molar-refractivity contribution < 1.29 is 4.79 Å². The molecule has 2 heterocycles. The van der Waals surface area contributed by atoms with Gasteiger partial charge in [-0.25, -0.2) is 10.4 Å². The van der Waals surface area contributed by atoms with Gasteiger partial charge in [-0.05, 0) is 24.3 Å². The maximum absolute atomic E-state index is 11.7. The van der Waals surface area contributed by atoms with E-state index in [1.807, 2.05) is 24.3 Å². The summed E-state index contributed by atoms with van der Waals surface area (Å²) in [5.74, 6) is 0.293. The predicted molar refractivity (Wildman–Crippen MR) is 75.4 cm³/mol. The second-order valence-corrected chi connectivity index (χ2v) is 4.07. The smallest absolute Gasteiger partial charge is 0.271 e. The number of nitrogens with zero attached hydrogens (tertiary/aromatic N) is 3. The standard InChI is InChI=1S/C14H11N5O/c20-14(10-5-7-15-8-6-10)19-16-9-13-17-11-3-1-2-4-12(11)18-13/h1-9H,(H,17,18)(H,19,20). The molecule has 2 aromatic heterocycles. The molecule has 0 saturated heterocycles. The SMILES string of the molecule is O=C(NN=Cc1nc2ccccc2[nH]1)c1ccncc1. The highest BCUT2D eigenvalue weighted by Crippen LogP contribution is 2.08. The Kier molecular flexibility index (Phi) is 3.20. The van der Waals surface area contributed by atoms with Crippen molar-refractivity contribution in [3.05, 3.63) is 60.2 Å². The second kappa shape index (κ2) is 5.31. The molecule has 0 saturated carbocycles. The Labute approximate surface area is 114 Å². The minimum atomic E-state index is -0.292. The number of amides is 1. The molecule has 0 aliphatic heterocycles. The highest BCUT2D eigenvalue weighted by Gasteiger charge is 2.02. The lowest BCUT2D eigenvalue weighted by atomic mass is 10.3. The highest BCUT2D eigenvalue weighted by atomic mass is 16.2. The molecule has 0 radical (unpaired) electrons. The second-order valence-electron chi connectivity index (χ2n) is 4.07. The molecule has 0 aliphatic carbocycles. The summed E-state index contributed by atoms with van der Waals surface area (Å²) in [6, 6.07) is 10.9. The number of carbonyl (C=O) groups is 1. The van der Waals surface area contributed by atoms with Crippen LogP contribution in [0.5, 0.6) is 0 Å². The fraction of sp³-hybridized carbons (Fsp3) is 0. The van der Waals surface area contributed by atoms with Gasteiger partial charge in [0.05, 0.1) is 17.2 Å². The summed E-state index contributed by atoms with van der Waals surface area (Å²) in [7, 11) is 0. The number of aromatic amines is 1. The van der Waals surface area contributed by atoms with Crippen molar-refractivity contribution in [2.45, 2.75) is 0 Å². The lowest BCUT2D eigenvalue weighted by molar-refractivity contribution is 0.0955. The Hall–Kier alpha value is -3.02. The number of imidazole rings is 1. The van der Waals surface area contributed by atoms with E-state index in [2.05, 4.69) is 25.5 Å². The number of fused-ring (bicyclic) bond motifs is 1. The fourth-order valence-corrected chi connectivity index (χ4v) is 1.75. The van der Waals surface area contributed by atoms with Crippen molar-refractivity contribution in [3.63, 3.8) is 0 Å². The third kappa shape index (κ3) is 2.54. The average molecular weight is 265 g/mol. The molecule has 6 heteroatoms. The zero-order valence-electron chi connectivity index (χ0n) is 10.4. The van der Waals surface area contributed by atoms with Crippen molar-refractivity contribution in [1.29, 1.82) is 0 Å². The van der Waals surface area contributed by atoms with Gasteiger partial charge in [-0.2, -0.15) is 5.10 Å². The van der Waals surface area contributed by atoms with E-state index >= 15 is 0 Å². The number of pyridine rings is 1. The molecular formula is C14H11N5O. The van der Waals surface area contributed by atoms with Gasteiger partial charge in [0.1, 0.15) is 0 Å². The van der Waals surface area contributed by atoms with E-state index < -0.39 is 0 Å². The van der Waals surface area contributed by atoms with Crippen molar-refractivity contribution >= 4 is 23.2 Å². The Morgan fingerprint density at radius 3 is 2.80 bits per heavy atom. The minimum Gasteiger partial charge on any atom is -0.337 e. The maximum atomic E-state index is 11.7. The van der Waals surface area contributed by atoms with Crippen LogP contribution in [0.15, 0.2) is 53.9 Å². The minimum absolute atomic E-state index is 0.292. The van der Waals surface area contributed by atoms with Crippen molar-refractivity contribution in [2.24, 2.45) is 5.10 Å². The third-order valence-corrected chi connectivity index (χ3v) is 2.70. The normalized spacial score (nSPS) is 11.0. The number of hydrogen-bond acceptors (Lipinski definition) is 4. The van der Waals surface area contributed by atoms with Gasteiger partial charge in [0.2, 0.25) is 0 Å². The monoisotopic (exact) mass is 265 g/mol. The first-order valence-electron chi connectivity index (χ1n) is 6.01. The molecule has 20 heavy (non-hydrogen) atoms. The van der Waals surface area contributed by atoms with Gasteiger partial charge in [0.25, 0.3) is 5.91 Å². The van der Waals surface area contributed by atoms with Crippen LogP contribution in [0.2, 0.25) is 0 Å². The Bertz CT molecular complexity index is 730. The van der Waals surface area contributed by atoms with E-state index in [0.717, 1.165) is 11.0 Å². The largest absolute Gasteiger partial charge is 0.337 e. The van der Waals surface area contributed by atoms with Gasteiger partial charge < -0.3 is 4.98 Å². The zero-order valence-corrected chi connectivity index (χ0v) is 10.4.